The van der Waals surface area contributed by atoms with Crippen LogP contribution in [0.15, 0.2) is 47.8 Å². The number of nitrogens with two attached hydrogens (primary N) is 2. The molecular formula is C14H16N6O. The van der Waals surface area contributed by atoms with Gasteiger partial charge in [-0.15, -0.1) is 0 Å². The number of amidine groups is 1. The zero-order chi connectivity index (χ0) is 15.2. The van der Waals surface area contributed by atoms with Crippen LogP contribution in [0.25, 0.3) is 0 Å². The van der Waals surface area contributed by atoms with Crippen LogP contribution in [0.5, 0.6) is 0 Å². The Morgan fingerprint density at radius 3 is 2.52 bits per heavy atom. The lowest BCUT2D eigenvalue weighted by molar-refractivity contribution is 0.262. The summed E-state index contributed by atoms with van der Waals surface area (Å²) in [6.07, 6.45) is 3.26. The van der Waals surface area contributed by atoms with Crippen LogP contribution in [0.3, 0.4) is 0 Å². The Kier molecular flexibility index (Phi) is 4.35. The Morgan fingerprint density at radius 1 is 1.19 bits per heavy atom. The first kappa shape index (κ1) is 14.3. The molecule has 0 atom stereocenters. The summed E-state index contributed by atoms with van der Waals surface area (Å²) in [7, 11) is 0. The molecule has 2 aromatic rings. The normalized spacial score (nSPS) is 11.0. The highest BCUT2D eigenvalue weighted by Crippen LogP contribution is 2.13. The first-order chi connectivity index (χ1) is 10.1. The number of nitrogens with zero attached hydrogens (tertiary/aromatic N) is 2. The first-order valence-electron chi connectivity index (χ1n) is 6.22. The number of carbonyl (C=O) groups is 1. The number of hydrogen-bond donors (Lipinski definition) is 4. The molecule has 108 valence electrons. The molecule has 0 saturated carbocycles. The molecule has 0 aliphatic heterocycles. The fourth-order valence-corrected chi connectivity index (χ4v) is 1.68. The molecule has 0 fully saturated rings. The maximum absolute atomic E-state index is 11.9. The molecule has 0 aliphatic rings. The third-order valence-corrected chi connectivity index (χ3v) is 2.86. The van der Waals surface area contributed by atoms with E-state index in [2.05, 4.69) is 20.7 Å². The first-order valence-corrected chi connectivity index (χ1v) is 6.22. The molecule has 7 heteroatoms. The lowest BCUT2D eigenvalue weighted by Gasteiger charge is -2.09. The van der Waals surface area contributed by atoms with Gasteiger partial charge in [0.15, 0.2) is 0 Å². The molecule has 6 N–H and O–H groups in total. The highest BCUT2D eigenvalue weighted by atomic mass is 16.2. The molecular weight excluding hydrogens is 268 g/mol. The number of benzene rings is 1. The van der Waals surface area contributed by atoms with Crippen LogP contribution in [-0.4, -0.2) is 16.9 Å². The minimum absolute atomic E-state index is 0.233. The van der Waals surface area contributed by atoms with Crippen LogP contribution < -0.4 is 22.2 Å². The van der Waals surface area contributed by atoms with Crippen LogP contribution in [0.2, 0.25) is 0 Å². The molecule has 0 bridgehead atoms. The number of nitrogens with one attached hydrogen (secondary N) is 2. The van der Waals surface area contributed by atoms with Crippen LogP contribution in [0.1, 0.15) is 11.1 Å². The van der Waals surface area contributed by atoms with Crippen molar-refractivity contribution in [2.45, 2.75) is 6.92 Å². The summed E-state index contributed by atoms with van der Waals surface area (Å²) in [6.45, 7) is 1.89. The highest BCUT2D eigenvalue weighted by Gasteiger charge is 2.05. The minimum Gasteiger partial charge on any atom is -0.382 e. The quantitative estimate of drug-likeness (QED) is 0.296. The standard InChI is InChI=1S/C14H16N6O/c1-9-6-7-17-8-12(9)19-14(21)18-11-4-2-10(3-5-11)13(15)20-16/h2-8H,16H2,1H3,(H2,15,20)(H2,18,19,21). The van der Waals surface area contributed by atoms with Crippen molar-refractivity contribution >= 4 is 23.2 Å². The van der Waals surface area contributed by atoms with Crippen molar-refractivity contribution in [3.05, 3.63) is 53.9 Å². The molecule has 2 rings (SSSR count). The van der Waals surface area contributed by atoms with E-state index in [-0.39, 0.29) is 11.9 Å². The number of amides is 2. The number of rotatable bonds is 3. The van der Waals surface area contributed by atoms with Gasteiger partial charge in [0.25, 0.3) is 0 Å². The van der Waals surface area contributed by atoms with Crippen molar-refractivity contribution in [2.24, 2.45) is 16.7 Å². The predicted octanol–water partition coefficient (Wildman–Crippen LogP) is 1.61. The molecule has 0 radical (unpaired) electrons. The fourth-order valence-electron chi connectivity index (χ4n) is 1.68. The molecule has 0 unspecified atom stereocenters. The zero-order valence-electron chi connectivity index (χ0n) is 11.5. The summed E-state index contributed by atoms with van der Waals surface area (Å²) >= 11 is 0. The van der Waals surface area contributed by atoms with Crippen LogP contribution in [0, 0.1) is 6.92 Å². The van der Waals surface area contributed by atoms with Crippen molar-refractivity contribution in [1.82, 2.24) is 4.98 Å². The Balaban J connectivity index is 2.02. The molecule has 0 spiro atoms. The largest absolute Gasteiger partial charge is 0.382 e. The monoisotopic (exact) mass is 284 g/mol. The number of carbonyl (C=O) groups excluding carboxylic acids is 1. The summed E-state index contributed by atoms with van der Waals surface area (Å²) in [5, 5.41) is 8.84. The third-order valence-electron chi connectivity index (χ3n) is 2.86. The molecule has 0 aliphatic carbocycles. The molecule has 21 heavy (non-hydrogen) atoms. The SMILES string of the molecule is Cc1ccncc1NC(=O)Nc1ccc(/C(N)=N/N)cc1. The number of aromatic nitrogens is 1. The lowest BCUT2D eigenvalue weighted by Crippen LogP contribution is -2.20. The molecule has 1 aromatic carbocycles. The summed E-state index contributed by atoms with van der Waals surface area (Å²) in [5.74, 6) is 5.33. The average molecular weight is 284 g/mol. The minimum atomic E-state index is -0.348. The Hall–Kier alpha value is -3.09. The zero-order valence-corrected chi connectivity index (χ0v) is 11.5. The van der Waals surface area contributed by atoms with Gasteiger partial charge in [-0.1, -0.05) is 0 Å². The van der Waals surface area contributed by atoms with E-state index in [0.717, 1.165) is 5.56 Å². The van der Waals surface area contributed by atoms with E-state index in [4.69, 9.17) is 11.6 Å². The van der Waals surface area contributed by atoms with Gasteiger partial charge in [-0.3, -0.25) is 4.98 Å². The van der Waals surface area contributed by atoms with Crippen molar-refractivity contribution in [3.8, 4) is 0 Å². The number of hydrogen-bond acceptors (Lipinski definition) is 4. The highest BCUT2D eigenvalue weighted by molar-refractivity contribution is 6.01. The van der Waals surface area contributed by atoms with Gasteiger partial charge in [0.2, 0.25) is 0 Å². The van der Waals surface area contributed by atoms with E-state index in [9.17, 15) is 4.79 Å². The topological polar surface area (TPSA) is 118 Å². The van der Waals surface area contributed by atoms with E-state index in [1.807, 2.05) is 13.0 Å². The van der Waals surface area contributed by atoms with Crippen LogP contribution >= 0.6 is 0 Å². The van der Waals surface area contributed by atoms with Crippen molar-refractivity contribution < 1.29 is 4.79 Å². The Morgan fingerprint density at radius 2 is 1.90 bits per heavy atom. The second kappa shape index (κ2) is 6.38. The number of aryl methyl sites for hydroxylation is 1. The van der Waals surface area contributed by atoms with Gasteiger partial charge < -0.3 is 22.2 Å². The van der Waals surface area contributed by atoms with E-state index in [1.54, 1.807) is 36.7 Å². The Bertz CT molecular complexity index is 665. The smallest absolute Gasteiger partial charge is 0.323 e. The average Bonchev–Trinajstić information content (AvgIpc) is 2.49. The number of hydrazone groups is 1. The number of pyridine rings is 1. The Labute approximate surface area is 122 Å². The third kappa shape index (κ3) is 3.69. The molecule has 1 heterocycles. The van der Waals surface area contributed by atoms with Crippen LogP contribution in [-0.2, 0) is 0 Å². The van der Waals surface area contributed by atoms with Gasteiger partial charge in [-0.25, -0.2) is 4.79 Å². The molecule has 0 saturated heterocycles. The second-order valence-corrected chi connectivity index (χ2v) is 4.36. The lowest BCUT2D eigenvalue weighted by atomic mass is 10.2. The van der Waals surface area contributed by atoms with Gasteiger partial charge in [0.1, 0.15) is 5.84 Å². The summed E-state index contributed by atoms with van der Waals surface area (Å²) in [5.41, 5.74) is 8.49. The van der Waals surface area contributed by atoms with Gasteiger partial charge >= 0.3 is 6.03 Å². The number of anilines is 2. The number of urea groups is 1. The molecule has 2 amide bonds. The summed E-state index contributed by atoms with van der Waals surface area (Å²) in [6, 6.07) is 8.33. The van der Waals surface area contributed by atoms with Gasteiger partial charge in [-0.2, -0.15) is 5.10 Å². The van der Waals surface area contributed by atoms with Crippen LogP contribution in [0.4, 0.5) is 16.2 Å². The van der Waals surface area contributed by atoms with Crippen molar-refractivity contribution in [3.63, 3.8) is 0 Å². The summed E-state index contributed by atoms with van der Waals surface area (Å²) < 4.78 is 0. The summed E-state index contributed by atoms with van der Waals surface area (Å²) in [4.78, 5) is 15.9. The van der Waals surface area contributed by atoms with E-state index >= 15 is 0 Å². The maximum atomic E-state index is 11.9. The second-order valence-electron chi connectivity index (χ2n) is 4.36. The van der Waals surface area contributed by atoms with Crippen molar-refractivity contribution in [1.29, 1.82) is 0 Å². The molecule has 1 aromatic heterocycles. The van der Waals surface area contributed by atoms with Gasteiger partial charge in [-0.05, 0) is 42.8 Å². The van der Waals surface area contributed by atoms with Crippen molar-refractivity contribution in [2.75, 3.05) is 10.6 Å². The molecule has 7 nitrogen and oxygen atoms in total. The predicted molar refractivity (Wildman–Crippen MR) is 83.0 cm³/mol. The van der Waals surface area contributed by atoms with E-state index in [0.29, 0.717) is 16.9 Å². The van der Waals surface area contributed by atoms with E-state index < -0.39 is 0 Å². The maximum Gasteiger partial charge on any atom is 0.323 e. The van der Waals surface area contributed by atoms with Gasteiger partial charge in [0.05, 0.1) is 11.9 Å². The van der Waals surface area contributed by atoms with E-state index in [1.165, 1.54) is 0 Å². The van der Waals surface area contributed by atoms with Gasteiger partial charge in [0, 0.05) is 17.4 Å². The fraction of sp³-hybridized carbons (Fsp3) is 0.0714.